The van der Waals surface area contributed by atoms with Crippen molar-refractivity contribution in [3.63, 3.8) is 0 Å². The third-order valence-corrected chi connectivity index (χ3v) is 3.96. The molecule has 108 valence electrons. The Morgan fingerprint density at radius 2 is 2.11 bits per heavy atom. The summed E-state index contributed by atoms with van der Waals surface area (Å²) in [6, 6.07) is 2.21. The van der Waals surface area contributed by atoms with Gasteiger partial charge in [-0.05, 0) is 50.9 Å². The Hall–Kier alpha value is -0.870. The molecule has 0 saturated carbocycles. The molecule has 0 radical (unpaired) electrons. The van der Waals surface area contributed by atoms with E-state index in [4.69, 9.17) is 0 Å². The average molecular weight is 264 g/mol. The first-order valence-electron chi connectivity index (χ1n) is 7.64. The fourth-order valence-electron chi connectivity index (χ4n) is 2.83. The number of hydrogen-bond donors (Lipinski definition) is 1. The summed E-state index contributed by atoms with van der Waals surface area (Å²) in [5.41, 5.74) is 2.47. The molecule has 0 amide bonds. The Bertz CT molecular complexity index is 379. The van der Waals surface area contributed by atoms with Crippen LogP contribution < -0.4 is 5.32 Å². The SMILES string of the molecule is CCc1cc(CNCC(C)CN2CCCC2)n(C)n1. The monoisotopic (exact) mass is 264 g/mol. The molecule has 1 fully saturated rings. The van der Waals surface area contributed by atoms with Crippen LogP contribution in [0.25, 0.3) is 0 Å². The number of aromatic nitrogens is 2. The van der Waals surface area contributed by atoms with Crippen LogP contribution in [-0.2, 0) is 20.0 Å². The lowest BCUT2D eigenvalue weighted by atomic mass is 10.1. The minimum Gasteiger partial charge on any atom is -0.311 e. The van der Waals surface area contributed by atoms with E-state index < -0.39 is 0 Å². The summed E-state index contributed by atoms with van der Waals surface area (Å²) < 4.78 is 2.00. The predicted molar refractivity (Wildman–Crippen MR) is 79.1 cm³/mol. The molecule has 0 aliphatic carbocycles. The van der Waals surface area contributed by atoms with Gasteiger partial charge in [-0.2, -0.15) is 5.10 Å². The highest BCUT2D eigenvalue weighted by molar-refractivity contribution is 5.09. The van der Waals surface area contributed by atoms with Crippen molar-refractivity contribution in [1.82, 2.24) is 20.0 Å². The molecule has 4 nitrogen and oxygen atoms in total. The fraction of sp³-hybridized carbons (Fsp3) is 0.800. The average Bonchev–Trinajstić information content (AvgIpc) is 3.00. The molecular formula is C15H28N4. The van der Waals surface area contributed by atoms with E-state index in [0.29, 0.717) is 0 Å². The minimum absolute atomic E-state index is 0.719. The first-order chi connectivity index (χ1) is 9.19. The van der Waals surface area contributed by atoms with Gasteiger partial charge in [-0.1, -0.05) is 13.8 Å². The lowest BCUT2D eigenvalue weighted by Crippen LogP contribution is -2.31. The van der Waals surface area contributed by atoms with Crippen molar-refractivity contribution >= 4 is 0 Å². The highest BCUT2D eigenvalue weighted by atomic mass is 15.3. The first kappa shape index (κ1) is 14.5. The van der Waals surface area contributed by atoms with Crippen LogP contribution >= 0.6 is 0 Å². The maximum atomic E-state index is 4.48. The Labute approximate surface area is 117 Å². The summed E-state index contributed by atoms with van der Waals surface area (Å²) in [6.45, 7) is 10.3. The topological polar surface area (TPSA) is 33.1 Å². The number of hydrogen-bond acceptors (Lipinski definition) is 3. The van der Waals surface area contributed by atoms with Crippen molar-refractivity contribution < 1.29 is 0 Å². The molecule has 1 aliphatic rings. The van der Waals surface area contributed by atoms with E-state index in [2.05, 4.69) is 35.2 Å². The van der Waals surface area contributed by atoms with Gasteiger partial charge in [0.2, 0.25) is 0 Å². The van der Waals surface area contributed by atoms with Crippen LogP contribution in [0.2, 0.25) is 0 Å². The molecule has 1 unspecified atom stereocenters. The molecule has 4 heteroatoms. The standard InChI is InChI=1S/C15H28N4/c1-4-14-9-15(18(3)17-14)11-16-10-13(2)12-19-7-5-6-8-19/h9,13,16H,4-8,10-12H2,1-3H3. The molecule has 2 heterocycles. The normalized spacial score (nSPS) is 18.1. The molecule has 1 aromatic heterocycles. The maximum absolute atomic E-state index is 4.48. The quantitative estimate of drug-likeness (QED) is 0.815. The van der Waals surface area contributed by atoms with Crippen molar-refractivity contribution in [2.45, 2.75) is 39.7 Å². The second kappa shape index (κ2) is 7.06. The van der Waals surface area contributed by atoms with Crippen molar-refractivity contribution in [2.24, 2.45) is 13.0 Å². The summed E-state index contributed by atoms with van der Waals surface area (Å²) in [6.07, 6.45) is 3.78. The first-order valence-corrected chi connectivity index (χ1v) is 7.64. The van der Waals surface area contributed by atoms with E-state index >= 15 is 0 Å². The van der Waals surface area contributed by atoms with Gasteiger partial charge in [0.1, 0.15) is 0 Å². The number of rotatable bonds is 7. The van der Waals surface area contributed by atoms with Crippen LogP contribution in [0.4, 0.5) is 0 Å². The van der Waals surface area contributed by atoms with Crippen molar-refractivity contribution in [1.29, 1.82) is 0 Å². The second-order valence-corrected chi connectivity index (χ2v) is 5.85. The minimum atomic E-state index is 0.719. The molecule has 1 N–H and O–H groups in total. The number of aryl methyl sites for hydroxylation is 2. The molecule has 1 saturated heterocycles. The molecule has 0 spiro atoms. The zero-order valence-electron chi connectivity index (χ0n) is 12.7. The molecule has 1 atom stereocenters. The van der Waals surface area contributed by atoms with Gasteiger partial charge >= 0.3 is 0 Å². The lowest BCUT2D eigenvalue weighted by Gasteiger charge is -2.20. The van der Waals surface area contributed by atoms with Gasteiger partial charge in [-0.25, -0.2) is 0 Å². The summed E-state index contributed by atoms with van der Waals surface area (Å²) in [4.78, 5) is 2.59. The third-order valence-electron chi connectivity index (χ3n) is 3.96. The van der Waals surface area contributed by atoms with Crippen molar-refractivity contribution in [2.75, 3.05) is 26.2 Å². The van der Waals surface area contributed by atoms with Gasteiger partial charge in [0, 0.05) is 20.1 Å². The molecule has 1 aromatic rings. The van der Waals surface area contributed by atoms with E-state index in [9.17, 15) is 0 Å². The van der Waals surface area contributed by atoms with Crippen LogP contribution in [0.1, 0.15) is 38.1 Å². The number of likely N-dealkylation sites (tertiary alicyclic amines) is 1. The third kappa shape index (κ3) is 4.32. The van der Waals surface area contributed by atoms with Crippen LogP contribution in [0, 0.1) is 5.92 Å². The molecule has 1 aliphatic heterocycles. The van der Waals surface area contributed by atoms with Gasteiger partial charge < -0.3 is 10.2 Å². The van der Waals surface area contributed by atoms with E-state index in [0.717, 1.165) is 25.4 Å². The van der Waals surface area contributed by atoms with Gasteiger partial charge in [0.15, 0.2) is 0 Å². The van der Waals surface area contributed by atoms with E-state index in [1.165, 1.54) is 43.9 Å². The Morgan fingerprint density at radius 3 is 2.74 bits per heavy atom. The summed E-state index contributed by atoms with van der Waals surface area (Å²) in [5, 5.41) is 8.04. The van der Waals surface area contributed by atoms with Crippen LogP contribution in [0.15, 0.2) is 6.07 Å². The van der Waals surface area contributed by atoms with Crippen LogP contribution in [0.5, 0.6) is 0 Å². The zero-order valence-corrected chi connectivity index (χ0v) is 12.7. The number of nitrogens with zero attached hydrogens (tertiary/aromatic N) is 3. The van der Waals surface area contributed by atoms with Crippen LogP contribution in [0.3, 0.4) is 0 Å². The highest BCUT2D eigenvalue weighted by Gasteiger charge is 2.14. The highest BCUT2D eigenvalue weighted by Crippen LogP contribution is 2.10. The summed E-state index contributed by atoms with van der Waals surface area (Å²) >= 11 is 0. The Kier molecular flexibility index (Phi) is 5.40. The largest absolute Gasteiger partial charge is 0.311 e. The molecule has 2 rings (SSSR count). The predicted octanol–water partition coefficient (Wildman–Crippen LogP) is 1.80. The number of nitrogens with one attached hydrogen (secondary N) is 1. The van der Waals surface area contributed by atoms with Gasteiger partial charge in [0.25, 0.3) is 0 Å². The Balaban J connectivity index is 1.68. The lowest BCUT2D eigenvalue weighted by molar-refractivity contribution is 0.282. The van der Waals surface area contributed by atoms with Crippen molar-refractivity contribution in [3.05, 3.63) is 17.5 Å². The smallest absolute Gasteiger partial charge is 0.0625 e. The maximum Gasteiger partial charge on any atom is 0.0625 e. The van der Waals surface area contributed by atoms with Gasteiger partial charge in [0.05, 0.1) is 11.4 Å². The van der Waals surface area contributed by atoms with E-state index in [-0.39, 0.29) is 0 Å². The summed E-state index contributed by atoms with van der Waals surface area (Å²) in [5.74, 6) is 0.719. The molecule has 0 bridgehead atoms. The van der Waals surface area contributed by atoms with E-state index in [1.54, 1.807) is 0 Å². The Morgan fingerprint density at radius 1 is 1.37 bits per heavy atom. The van der Waals surface area contributed by atoms with Gasteiger partial charge in [-0.3, -0.25) is 4.68 Å². The molecular weight excluding hydrogens is 236 g/mol. The molecule has 0 aromatic carbocycles. The van der Waals surface area contributed by atoms with Gasteiger partial charge in [-0.15, -0.1) is 0 Å². The summed E-state index contributed by atoms with van der Waals surface area (Å²) in [7, 11) is 2.03. The second-order valence-electron chi connectivity index (χ2n) is 5.85. The fourth-order valence-corrected chi connectivity index (χ4v) is 2.83. The zero-order chi connectivity index (χ0) is 13.7. The molecule has 19 heavy (non-hydrogen) atoms. The van der Waals surface area contributed by atoms with Crippen LogP contribution in [-0.4, -0.2) is 40.9 Å². The van der Waals surface area contributed by atoms with E-state index in [1.807, 2.05) is 11.7 Å². The van der Waals surface area contributed by atoms with Crippen molar-refractivity contribution in [3.8, 4) is 0 Å².